The molecule has 1 aromatic heterocycles. The fourth-order valence-electron chi connectivity index (χ4n) is 1.22. The molecule has 0 bridgehead atoms. The summed E-state index contributed by atoms with van der Waals surface area (Å²) in [5, 5.41) is 3.68. The third kappa shape index (κ3) is 2.71. The molecular formula is C11H7BrClFN2. The Morgan fingerprint density at radius 2 is 1.94 bits per heavy atom. The minimum Gasteiger partial charge on any atom is -0.355 e. The zero-order valence-corrected chi connectivity index (χ0v) is 10.4. The van der Waals surface area contributed by atoms with E-state index >= 15 is 0 Å². The van der Waals surface area contributed by atoms with Crippen LogP contribution in [-0.2, 0) is 0 Å². The summed E-state index contributed by atoms with van der Waals surface area (Å²) < 4.78 is 13.6. The molecule has 0 fully saturated rings. The second-order valence-corrected chi connectivity index (χ2v) is 4.38. The van der Waals surface area contributed by atoms with Crippen LogP contribution in [0.3, 0.4) is 0 Å². The number of aromatic nitrogens is 1. The molecule has 0 aliphatic carbocycles. The van der Waals surface area contributed by atoms with Gasteiger partial charge in [-0.05, 0) is 40.2 Å². The molecule has 0 aliphatic heterocycles. The van der Waals surface area contributed by atoms with Crippen LogP contribution in [0.5, 0.6) is 0 Å². The molecule has 0 atom stereocenters. The molecule has 16 heavy (non-hydrogen) atoms. The molecule has 2 nitrogen and oxygen atoms in total. The van der Waals surface area contributed by atoms with Gasteiger partial charge in [0.1, 0.15) is 0 Å². The van der Waals surface area contributed by atoms with E-state index in [2.05, 4.69) is 26.2 Å². The minimum absolute atomic E-state index is 0.516. The van der Waals surface area contributed by atoms with E-state index in [4.69, 9.17) is 11.6 Å². The fraction of sp³-hybridized carbons (Fsp3) is 0. The first kappa shape index (κ1) is 11.4. The minimum atomic E-state index is -0.516. The van der Waals surface area contributed by atoms with Gasteiger partial charge >= 0.3 is 0 Å². The van der Waals surface area contributed by atoms with E-state index in [9.17, 15) is 4.39 Å². The summed E-state index contributed by atoms with van der Waals surface area (Å²) in [6.07, 6.45) is 1.41. The van der Waals surface area contributed by atoms with Crippen LogP contribution in [0.1, 0.15) is 0 Å². The number of nitrogens with zero attached hydrogens (tertiary/aromatic N) is 1. The van der Waals surface area contributed by atoms with Gasteiger partial charge in [-0.3, -0.25) is 0 Å². The Labute approximate surface area is 106 Å². The topological polar surface area (TPSA) is 24.9 Å². The molecule has 1 N–H and O–H groups in total. The van der Waals surface area contributed by atoms with Gasteiger partial charge in [-0.15, -0.1) is 0 Å². The highest BCUT2D eigenvalue weighted by Gasteiger charge is 2.00. The lowest BCUT2D eigenvalue weighted by molar-refractivity contribution is 0.584. The summed E-state index contributed by atoms with van der Waals surface area (Å²) in [6.45, 7) is 0. The largest absolute Gasteiger partial charge is 0.355 e. The summed E-state index contributed by atoms with van der Waals surface area (Å²) in [7, 11) is 0. The summed E-state index contributed by atoms with van der Waals surface area (Å²) in [4.78, 5) is 3.48. The molecule has 0 saturated heterocycles. The maximum Gasteiger partial charge on any atom is 0.214 e. The van der Waals surface area contributed by atoms with Crippen molar-refractivity contribution in [1.82, 2.24) is 4.98 Å². The van der Waals surface area contributed by atoms with E-state index in [0.717, 1.165) is 10.2 Å². The van der Waals surface area contributed by atoms with Gasteiger partial charge in [-0.1, -0.05) is 11.6 Å². The number of hydrogen-bond donors (Lipinski definition) is 1. The molecule has 5 heteroatoms. The molecule has 0 radical (unpaired) electrons. The second-order valence-electron chi connectivity index (χ2n) is 3.12. The van der Waals surface area contributed by atoms with Crippen LogP contribution >= 0.6 is 27.5 Å². The lowest BCUT2D eigenvalue weighted by atomic mass is 10.3. The number of nitrogens with one attached hydrogen (secondary N) is 1. The number of anilines is 2. The Morgan fingerprint density at radius 1 is 1.19 bits per heavy atom. The van der Waals surface area contributed by atoms with E-state index in [1.807, 2.05) is 12.1 Å². The summed E-state index contributed by atoms with van der Waals surface area (Å²) in [6, 6.07) is 8.39. The quantitative estimate of drug-likeness (QED) is 0.833. The Bertz CT molecular complexity index is 519. The summed E-state index contributed by atoms with van der Waals surface area (Å²) in [5.74, 6) is -0.516. The standard InChI is InChI=1S/C11H7BrClFN2/c12-9-5-7(1-2-10(9)13)16-8-3-4-15-11(14)6-8/h1-6H,(H,15,16). The van der Waals surface area contributed by atoms with Crippen molar-refractivity contribution in [3.05, 3.63) is 52.0 Å². The van der Waals surface area contributed by atoms with Gasteiger partial charge in [0.2, 0.25) is 5.95 Å². The van der Waals surface area contributed by atoms with Crippen LogP contribution in [0.4, 0.5) is 15.8 Å². The lowest BCUT2D eigenvalue weighted by Crippen LogP contribution is -1.92. The van der Waals surface area contributed by atoms with Crippen LogP contribution in [0.25, 0.3) is 0 Å². The Morgan fingerprint density at radius 3 is 2.62 bits per heavy atom. The van der Waals surface area contributed by atoms with Crippen molar-refractivity contribution in [3.63, 3.8) is 0 Å². The maximum absolute atomic E-state index is 12.8. The number of rotatable bonds is 2. The highest BCUT2D eigenvalue weighted by Crippen LogP contribution is 2.27. The van der Waals surface area contributed by atoms with Crippen molar-refractivity contribution in [2.45, 2.75) is 0 Å². The lowest BCUT2D eigenvalue weighted by Gasteiger charge is -2.07. The van der Waals surface area contributed by atoms with Crippen LogP contribution in [0.15, 0.2) is 41.0 Å². The van der Waals surface area contributed by atoms with Gasteiger partial charge in [-0.2, -0.15) is 4.39 Å². The van der Waals surface area contributed by atoms with Crippen LogP contribution in [-0.4, -0.2) is 4.98 Å². The van der Waals surface area contributed by atoms with Crippen LogP contribution in [0, 0.1) is 5.95 Å². The fourth-order valence-corrected chi connectivity index (χ4v) is 1.72. The molecule has 0 amide bonds. The third-order valence-electron chi connectivity index (χ3n) is 1.93. The van der Waals surface area contributed by atoms with Crippen molar-refractivity contribution in [2.75, 3.05) is 5.32 Å². The molecule has 0 unspecified atom stereocenters. The van der Waals surface area contributed by atoms with Crippen LogP contribution in [0.2, 0.25) is 5.02 Å². The van der Waals surface area contributed by atoms with Gasteiger partial charge in [0.05, 0.1) is 5.02 Å². The highest BCUT2D eigenvalue weighted by molar-refractivity contribution is 9.10. The van der Waals surface area contributed by atoms with Gasteiger partial charge in [0, 0.05) is 28.1 Å². The Kier molecular flexibility index (Phi) is 3.41. The predicted molar refractivity (Wildman–Crippen MR) is 66.6 cm³/mol. The number of pyridine rings is 1. The SMILES string of the molecule is Fc1cc(Nc2ccc(Cl)c(Br)c2)ccn1. The van der Waals surface area contributed by atoms with E-state index in [0.29, 0.717) is 10.7 Å². The molecule has 0 aliphatic rings. The highest BCUT2D eigenvalue weighted by atomic mass is 79.9. The molecule has 1 aromatic carbocycles. The van der Waals surface area contributed by atoms with Gasteiger partial charge in [0.15, 0.2) is 0 Å². The van der Waals surface area contributed by atoms with E-state index in [1.54, 1.807) is 12.1 Å². The first-order valence-electron chi connectivity index (χ1n) is 4.49. The molecule has 0 saturated carbocycles. The molecular weight excluding hydrogens is 294 g/mol. The second kappa shape index (κ2) is 4.80. The Balaban J connectivity index is 2.24. The van der Waals surface area contributed by atoms with Gasteiger partial charge < -0.3 is 5.32 Å². The van der Waals surface area contributed by atoms with Crippen molar-refractivity contribution in [3.8, 4) is 0 Å². The molecule has 0 spiro atoms. The average Bonchev–Trinajstić information content (AvgIpc) is 2.24. The van der Waals surface area contributed by atoms with Gasteiger partial charge in [-0.25, -0.2) is 4.98 Å². The van der Waals surface area contributed by atoms with E-state index in [1.165, 1.54) is 12.3 Å². The van der Waals surface area contributed by atoms with Crippen molar-refractivity contribution in [1.29, 1.82) is 0 Å². The maximum atomic E-state index is 12.8. The Hall–Kier alpha value is -1.13. The predicted octanol–water partition coefficient (Wildman–Crippen LogP) is 4.38. The molecule has 82 valence electrons. The van der Waals surface area contributed by atoms with Crippen molar-refractivity contribution in [2.24, 2.45) is 0 Å². The first-order valence-corrected chi connectivity index (χ1v) is 5.66. The van der Waals surface area contributed by atoms with Crippen molar-refractivity contribution < 1.29 is 4.39 Å². The number of hydrogen-bond acceptors (Lipinski definition) is 2. The smallest absolute Gasteiger partial charge is 0.214 e. The number of halogens is 3. The number of benzene rings is 1. The summed E-state index contributed by atoms with van der Waals surface area (Å²) >= 11 is 9.18. The van der Waals surface area contributed by atoms with Gasteiger partial charge in [0.25, 0.3) is 0 Å². The zero-order chi connectivity index (χ0) is 11.5. The average molecular weight is 302 g/mol. The van der Waals surface area contributed by atoms with E-state index in [-0.39, 0.29) is 0 Å². The molecule has 2 rings (SSSR count). The van der Waals surface area contributed by atoms with E-state index < -0.39 is 5.95 Å². The first-order chi connectivity index (χ1) is 7.65. The normalized spacial score (nSPS) is 10.2. The molecule has 2 aromatic rings. The van der Waals surface area contributed by atoms with Crippen LogP contribution < -0.4 is 5.32 Å². The monoisotopic (exact) mass is 300 g/mol. The van der Waals surface area contributed by atoms with Crippen molar-refractivity contribution >= 4 is 38.9 Å². The zero-order valence-electron chi connectivity index (χ0n) is 8.05. The molecule has 1 heterocycles. The third-order valence-corrected chi connectivity index (χ3v) is 3.15. The summed E-state index contributed by atoms with van der Waals surface area (Å²) in [5.41, 5.74) is 1.46.